The molecule has 1 aliphatic heterocycles. The van der Waals surface area contributed by atoms with Crippen LogP contribution in [0.15, 0.2) is 103 Å². The Morgan fingerprint density at radius 2 is 1.34 bits per heavy atom. The first kappa shape index (κ1) is 27.2. The highest BCUT2D eigenvalue weighted by Gasteiger charge is 2.18. The van der Waals surface area contributed by atoms with E-state index < -0.39 is 0 Å². The van der Waals surface area contributed by atoms with E-state index in [1.165, 1.54) is 71.2 Å². The molecule has 0 spiro atoms. The molecule has 0 atom stereocenters. The summed E-state index contributed by atoms with van der Waals surface area (Å²) in [7, 11) is 0. The molecule has 4 heteroatoms. The van der Waals surface area contributed by atoms with Gasteiger partial charge in [0, 0.05) is 24.0 Å². The van der Waals surface area contributed by atoms with E-state index in [0.29, 0.717) is 6.61 Å². The van der Waals surface area contributed by atoms with E-state index in [1.54, 1.807) is 0 Å². The number of hydrogen-bond acceptors (Lipinski definition) is 3. The summed E-state index contributed by atoms with van der Waals surface area (Å²) in [5.41, 5.74) is 7.58. The van der Waals surface area contributed by atoms with Crippen molar-refractivity contribution in [2.24, 2.45) is 0 Å². The van der Waals surface area contributed by atoms with Crippen molar-refractivity contribution in [1.82, 2.24) is 9.47 Å². The van der Waals surface area contributed by atoms with Crippen LogP contribution < -0.4 is 9.47 Å². The Morgan fingerprint density at radius 1 is 0.659 bits per heavy atom. The minimum absolute atomic E-state index is 0.568. The van der Waals surface area contributed by atoms with Crippen LogP contribution in [0.3, 0.4) is 0 Å². The summed E-state index contributed by atoms with van der Waals surface area (Å²) < 4.78 is 14.6. The van der Waals surface area contributed by atoms with Gasteiger partial charge in [-0.3, -0.25) is 4.90 Å². The smallest absolute Gasteiger partial charge is 0.119 e. The molecular formula is C37H40N2O2. The van der Waals surface area contributed by atoms with E-state index in [9.17, 15) is 0 Å². The van der Waals surface area contributed by atoms with Crippen molar-refractivity contribution < 1.29 is 9.47 Å². The highest BCUT2D eigenvalue weighted by Crippen LogP contribution is 2.36. The lowest BCUT2D eigenvalue weighted by Gasteiger charge is -2.26. The van der Waals surface area contributed by atoms with Crippen molar-refractivity contribution in [2.75, 3.05) is 26.2 Å². The maximum atomic E-state index is 6.10. The molecule has 2 heterocycles. The molecular weight excluding hydrogens is 504 g/mol. The predicted octanol–water partition coefficient (Wildman–Crippen LogP) is 8.36. The summed E-state index contributed by atoms with van der Waals surface area (Å²) >= 11 is 0. The van der Waals surface area contributed by atoms with Gasteiger partial charge in [0.05, 0.1) is 5.69 Å². The number of nitrogens with zero attached hydrogens (tertiary/aromatic N) is 2. The number of rotatable bonds is 11. The molecule has 0 amide bonds. The number of ether oxygens (including phenoxy) is 2. The predicted molar refractivity (Wildman–Crippen MR) is 169 cm³/mol. The molecule has 6 rings (SSSR count). The molecule has 1 fully saturated rings. The van der Waals surface area contributed by atoms with Crippen LogP contribution >= 0.6 is 0 Å². The molecule has 1 aliphatic rings. The van der Waals surface area contributed by atoms with Crippen molar-refractivity contribution in [3.63, 3.8) is 0 Å². The molecule has 0 saturated carbocycles. The van der Waals surface area contributed by atoms with Crippen LogP contribution in [0.5, 0.6) is 11.5 Å². The number of likely N-dealkylation sites (tertiary alicyclic amines) is 1. The molecule has 4 nitrogen and oxygen atoms in total. The van der Waals surface area contributed by atoms with Crippen LogP contribution in [0.2, 0.25) is 0 Å². The highest BCUT2D eigenvalue weighted by molar-refractivity contribution is 5.92. The van der Waals surface area contributed by atoms with Crippen LogP contribution in [0.4, 0.5) is 0 Å². The number of hydrogen-bond donors (Lipinski definition) is 0. The highest BCUT2D eigenvalue weighted by atomic mass is 16.5. The number of benzene rings is 4. The van der Waals surface area contributed by atoms with Crippen molar-refractivity contribution in [1.29, 1.82) is 0 Å². The topological polar surface area (TPSA) is 26.6 Å². The minimum Gasteiger partial charge on any atom is -0.492 e. The zero-order valence-electron chi connectivity index (χ0n) is 24.1. The summed E-state index contributed by atoms with van der Waals surface area (Å²) in [4.78, 5) is 2.52. The lowest BCUT2D eigenvalue weighted by molar-refractivity contribution is 0.183. The summed E-state index contributed by atoms with van der Waals surface area (Å²) in [6.45, 7) is 7.79. The quantitative estimate of drug-likeness (QED) is 0.167. The van der Waals surface area contributed by atoms with Gasteiger partial charge in [-0.25, -0.2) is 0 Å². The standard InChI is InChI=1S/C37H40N2O2/c1-2-34-35-13-7-8-14-36(35)39(27-29-15-19-32(20-16-29)40-26-25-38-23-9-4-10-24-38)37(34)31-17-21-33(22-18-31)41-28-30-11-5-3-6-12-30/h3,5-8,11-22H,2,4,9-10,23-28H2,1H3. The van der Waals surface area contributed by atoms with Crippen LogP contribution in [0, 0.1) is 0 Å². The number of piperidine rings is 1. The Kier molecular flexibility index (Phi) is 8.68. The van der Waals surface area contributed by atoms with Gasteiger partial charge in [-0.2, -0.15) is 0 Å². The second-order valence-corrected chi connectivity index (χ2v) is 11.0. The summed E-state index contributed by atoms with van der Waals surface area (Å²) in [5, 5.41) is 1.33. The summed E-state index contributed by atoms with van der Waals surface area (Å²) in [5.74, 6) is 1.83. The zero-order chi connectivity index (χ0) is 27.9. The minimum atomic E-state index is 0.568. The van der Waals surface area contributed by atoms with Crippen LogP contribution in [0.1, 0.15) is 42.9 Å². The number of aryl methyl sites for hydroxylation is 1. The molecule has 0 N–H and O–H groups in total. The average molecular weight is 545 g/mol. The fourth-order valence-electron chi connectivity index (χ4n) is 6.03. The summed E-state index contributed by atoms with van der Waals surface area (Å²) in [6, 6.07) is 36.3. The molecule has 0 radical (unpaired) electrons. The lowest BCUT2D eigenvalue weighted by Crippen LogP contribution is -2.33. The third-order valence-electron chi connectivity index (χ3n) is 8.19. The Morgan fingerprint density at radius 3 is 2.10 bits per heavy atom. The molecule has 210 valence electrons. The fraction of sp³-hybridized carbons (Fsp3) is 0.297. The number of para-hydroxylation sites is 1. The molecule has 4 aromatic carbocycles. The van der Waals surface area contributed by atoms with Gasteiger partial charge in [0.15, 0.2) is 0 Å². The normalized spacial score (nSPS) is 13.9. The Bertz CT molecular complexity index is 1530. The third-order valence-corrected chi connectivity index (χ3v) is 8.19. The second kappa shape index (κ2) is 13.1. The molecule has 5 aromatic rings. The van der Waals surface area contributed by atoms with E-state index in [0.717, 1.165) is 37.6 Å². The van der Waals surface area contributed by atoms with Gasteiger partial charge in [0.2, 0.25) is 0 Å². The van der Waals surface area contributed by atoms with E-state index in [1.807, 2.05) is 18.2 Å². The molecule has 0 unspecified atom stereocenters. The second-order valence-electron chi connectivity index (χ2n) is 11.0. The van der Waals surface area contributed by atoms with E-state index in [-0.39, 0.29) is 0 Å². The third kappa shape index (κ3) is 6.49. The number of fused-ring (bicyclic) bond motifs is 1. The van der Waals surface area contributed by atoms with Gasteiger partial charge < -0.3 is 14.0 Å². The van der Waals surface area contributed by atoms with Crippen molar-refractivity contribution in [2.45, 2.75) is 45.8 Å². The SMILES string of the molecule is CCc1c(-c2ccc(OCc3ccccc3)cc2)n(Cc2ccc(OCCN3CCCCC3)cc2)c2ccccc12. The first-order valence-corrected chi connectivity index (χ1v) is 15.1. The van der Waals surface area contributed by atoms with E-state index in [2.05, 4.69) is 101 Å². The lowest BCUT2D eigenvalue weighted by atomic mass is 10.0. The molecule has 1 saturated heterocycles. The van der Waals surface area contributed by atoms with Gasteiger partial charge in [-0.1, -0.05) is 74.0 Å². The largest absolute Gasteiger partial charge is 0.492 e. The van der Waals surface area contributed by atoms with Gasteiger partial charge in [0.25, 0.3) is 0 Å². The first-order chi connectivity index (χ1) is 20.3. The molecule has 1 aromatic heterocycles. The van der Waals surface area contributed by atoms with E-state index >= 15 is 0 Å². The molecule has 0 aliphatic carbocycles. The van der Waals surface area contributed by atoms with Crippen LogP contribution in [0.25, 0.3) is 22.2 Å². The first-order valence-electron chi connectivity index (χ1n) is 15.1. The van der Waals surface area contributed by atoms with E-state index in [4.69, 9.17) is 9.47 Å². The maximum Gasteiger partial charge on any atom is 0.119 e. The monoisotopic (exact) mass is 544 g/mol. The zero-order valence-corrected chi connectivity index (χ0v) is 24.1. The maximum absolute atomic E-state index is 6.10. The molecule has 0 bridgehead atoms. The molecule has 41 heavy (non-hydrogen) atoms. The van der Waals surface area contributed by atoms with Crippen LogP contribution in [-0.2, 0) is 19.6 Å². The van der Waals surface area contributed by atoms with Gasteiger partial charge in [0.1, 0.15) is 24.7 Å². The summed E-state index contributed by atoms with van der Waals surface area (Å²) in [6.07, 6.45) is 4.97. The average Bonchev–Trinajstić information content (AvgIpc) is 3.35. The number of aromatic nitrogens is 1. The van der Waals surface area contributed by atoms with Gasteiger partial charge in [-0.05, 0) is 97.1 Å². The Hall–Kier alpha value is -4.02. The van der Waals surface area contributed by atoms with Crippen molar-refractivity contribution in [3.05, 3.63) is 120 Å². The fourth-order valence-corrected chi connectivity index (χ4v) is 6.03. The Labute approximate surface area is 244 Å². The van der Waals surface area contributed by atoms with Crippen molar-refractivity contribution in [3.8, 4) is 22.8 Å². The van der Waals surface area contributed by atoms with Gasteiger partial charge in [-0.15, -0.1) is 0 Å². The van der Waals surface area contributed by atoms with Crippen molar-refractivity contribution >= 4 is 10.9 Å². The van der Waals surface area contributed by atoms with Gasteiger partial charge >= 0.3 is 0 Å². The van der Waals surface area contributed by atoms with Crippen LogP contribution in [-0.4, -0.2) is 35.7 Å². The Balaban J connectivity index is 1.20.